The summed E-state index contributed by atoms with van der Waals surface area (Å²) in [7, 11) is 0. The van der Waals surface area contributed by atoms with Crippen molar-refractivity contribution in [2.75, 3.05) is 5.32 Å². The summed E-state index contributed by atoms with van der Waals surface area (Å²) >= 11 is 6.23. The van der Waals surface area contributed by atoms with Gasteiger partial charge in [0.05, 0.1) is 5.56 Å². The molecule has 172 valence electrons. The van der Waals surface area contributed by atoms with Gasteiger partial charge in [-0.15, -0.1) is 0 Å². The molecule has 1 amide bonds. The van der Waals surface area contributed by atoms with Crippen molar-refractivity contribution >= 4 is 50.7 Å². The van der Waals surface area contributed by atoms with E-state index in [9.17, 15) is 9.59 Å². The first kappa shape index (κ1) is 22.6. The van der Waals surface area contributed by atoms with Crippen LogP contribution in [0.25, 0.3) is 21.5 Å². The van der Waals surface area contributed by atoms with Gasteiger partial charge in [-0.3, -0.25) is 4.79 Å². The molecule has 0 saturated carbocycles. The van der Waals surface area contributed by atoms with E-state index in [0.717, 1.165) is 27.1 Å². The van der Waals surface area contributed by atoms with Crippen molar-refractivity contribution in [1.29, 1.82) is 0 Å². The molecule has 1 N–H and O–H groups in total. The normalized spacial score (nSPS) is 11.8. The molecule has 4 nitrogen and oxygen atoms in total. The van der Waals surface area contributed by atoms with Crippen LogP contribution in [0.1, 0.15) is 27.6 Å². The highest BCUT2D eigenvalue weighted by molar-refractivity contribution is 6.31. The number of carbonyl (C=O) groups excluding carboxylic acids is 2. The van der Waals surface area contributed by atoms with Gasteiger partial charge in [0.15, 0.2) is 0 Å². The monoisotopic (exact) mass is 479 g/mol. The molecule has 0 spiro atoms. The molecule has 5 aromatic carbocycles. The van der Waals surface area contributed by atoms with Crippen LogP contribution in [0.5, 0.6) is 0 Å². The van der Waals surface area contributed by atoms with Crippen molar-refractivity contribution in [3.63, 3.8) is 0 Å². The maximum Gasteiger partial charge on any atom is 0.340 e. The minimum absolute atomic E-state index is 0.436. The third kappa shape index (κ3) is 4.61. The van der Waals surface area contributed by atoms with Crippen LogP contribution in [-0.2, 0) is 9.53 Å². The lowest BCUT2D eigenvalue weighted by Gasteiger charge is -2.20. The summed E-state index contributed by atoms with van der Waals surface area (Å²) in [5.41, 5.74) is 2.43. The lowest BCUT2D eigenvalue weighted by atomic mass is 9.97. The lowest BCUT2D eigenvalue weighted by Crippen LogP contribution is -2.26. The van der Waals surface area contributed by atoms with Crippen molar-refractivity contribution in [3.8, 4) is 0 Å². The Kier molecular flexibility index (Phi) is 6.21. The predicted octanol–water partition coefficient (Wildman–Crippen LogP) is 7.49. The van der Waals surface area contributed by atoms with E-state index in [1.54, 1.807) is 36.4 Å². The zero-order valence-corrected chi connectivity index (χ0v) is 19.8. The van der Waals surface area contributed by atoms with Crippen LogP contribution in [0.3, 0.4) is 0 Å². The SMILES string of the molecule is Cc1ccc(NC(=O)[C@@H](OC(=O)c2c3ccccc3cc3ccccc23)c2ccccc2)cc1Cl. The number of halogens is 1. The fourth-order valence-corrected chi connectivity index (χ4v) is 4.36. The van der Waals surface area contributed by atoms with E-state index in [1.165, 1.54) is 0 Å². The molecule has 0 aliphatic rings. The van der Waals surface area contributed by atoms with Gasteiger partial charge in [-0.25, -0.2) is 4.79 Å². The highest BCUT2D eigenvalue weighted by Gasteiger charge is 2.27. The number of hydrogen-bond acceptors (Lipinski definition) is 3. The maximum atomic E-state index is 13.7. The number of amides is 1. The molecule has 0 radical (unpaired) electrons. The fourth-order valence-electron chi connectivity index (χ4n) is 4.18. The summed E-state index contributed by atoms with van der Waals surface area (Å²) in [5.74, 6) is -1.03. The van der Waals surface area contributed by atoms with E-state index in [0.29, 0.717) is 21.8 Å². The molecule has 5 heteroatoms. The van der Waals surface area contributed by atoms with Gasteiger partial charge in [0.25, 0.3) is 5.91 Å². The van der Waals surface area contributed by atoms with Crippen LogP contribution >= 0.6 is 11.6 Å². The summed E-state index contributed by atoms with van der Waals surface area (Å²) in [6.07, 6.45) is -1.15. The number of hydrogen-bond donors (Lipinski definition) is 1. The van der Waals surface area contributed by atoms with Crippen LogP contribution in [0, 0.1) is 6.92 Å². The molecule has 0 aliphatic carbocycles. The number of anilines is 1. The number of carbonyl (C=O) groups is 2. The molecule has 0 fully saturated rings. The van der Waals surface area contributed by atoms with Crippen molar-refractivity contribution in [1.82, 2.24) is 0 Å². The summed E-state index contributed by atoms with van der Waals surface area (Å²) in [4.78, 5) is 27.1. The van der Waals surface area contributed by atoms with Gasteiger partial charge in [-0.1, -0.05) is 96.5 Å². The molecule has 0 heterocycles. The Bertz CT molecular complexity index is 1510. The van der Waals surface area contributed by atoms with Gasteiger partial charge in [-0.2, -0.15) is 0 Å². The van der Waals surface area contributed by atoms with Crippen LogP contribution in [0.2, 0.25) is 5.02 Å². The molecule has 35 heavy (non-hydrogen) atoms. The Morgan fingerprint density at radius 1 is 0.771 bits per heavy atom. The van der Waals surface area contributed by atoms with Crippen molar-refractivity contribution in [2.24, 2.45) is 0 Å². The zero-order valence-electron chi connectivity index (χ0n) is 19.0. The third-order valence-corrected chi connectivity index (χ3v) is 6.39. The van der Waals surface area contributed by atoms with Crippen molar-refractivity contribution in [2.45, 2.75) is 13.0 Å². The predicted molar refractivity (Wildman–Crippen MR) is 141 cm³/mol. The molecule has 1 atom stereocenters. The Morgan fingerprint density at radius 2 is 1.37 bits per heavy atom. The zero-order chi connectivity index (χ0) is 24.4. The average molecular weight is 480 g/mol. The number of esters is 1. The number of aryl methyl sites for hydroxylation is 1. The fraction of sp³-hybridized carbons (Fsp3) is 0.0667. The van der Waals surface area contributed by atoms with E-state index in [-0.39, 0.29) is 0 Å². The second-order valence-corrected chi connectivity index (χ2v) is 8.75. The van der Waals surface area contributed by atoms with Gasteiger partial charge in [0.2, 0.25) is 6.10 Å². The van der Waals surface area contributed by atoms with Gasteiger partial charge in [0.1, 0.15) is 0 Å². The first-order valence-corrected chi connectivity index (χ1v) is 11.6. The highest BCUT2D eigenvalue weighted by Crippen LogP contribution is 2.31. The maximum absolute atomic E-state index is 13.7. The highest BCUT2D eigenvalue weighted by atomic mass is 35.5. The molecule has 5 rings (SSSR count). The van der Waals surface area contributed by atoms with Crippen LogP contribution in [0.4, 0.5) is 5.69 Å². The standard InChI is InChI=1S/C30H22ClNO3/c1-19-15-16-23(18-26(19)31)32-29(33)28(20-9-3-2-4-10-20)35-30(34)27-24-13-7-5-11-21(24)17-22-12-6-8-14-25(22)27/h2-18,28H,1H3,(H,32,33)/t28-/m0/s1. The molecule has 0 aromatic heterocycles. The molecule has 0 saturated heterocycles. The summed E-state index contributed by atoms with van der Waals surface area (Å²) in [5, 5.41) is 6.77. The average Bonchev–Trinajstić information content (AvgIpc) is 2.88. The minimum Gasteiger partial charge on any atom is -0.444 e. The molecular formula is C30H22ClNO3. The lowest BCUT2D eigenvalue weighted by molar-refractivity contribution is -0.125. The van der Waals surface area contributed by atoms with E-state index in [2.05, 4.69) is 5.32 Å². The van der Waals surface area contributed by atoms with Crippen LogP contribution in [-0.4, -0.2) is 11.9 Å². The summed E-state index contributed by atoms with van der Waals surface area (Å²) in [6.45, 7) is 1.89. The number of nitrogens with one attached hydrogen (secondary N) is 1. The number of ether oxygens (including phenoxy) is 1. The Hall–Kier alpha value is -4.15. The largest absolute Gasteiger partial charge is 0.444 e. The first-order valence-electron chi connectivity index (χ1n) is 11.2. The van der Waals surface area contributed by atoms with Crippen molar-refractivity contribution in [3.05, 3.63) is 125 Å². The molecular weight excluding hydrogens is 458 g/mol. The Labute approximate surface area is 208 Å². The number of rotatable bonds is 5. The summed E-state index contributed by atoms with van der Waals surface area (Å²) < 4.78 is 5.94. The van der Waals surface area contributed by atoms with Crippen LogP contribution < -0.4 is 5.32 Å². The van der Waals surface area contributed by atoms with Crippen molar-refractivity contribution < 1.29 is 14.3 Å². The quantitative estimate of drug-likeness (QED) is 0.210. The van der Waals surface area contributed by atoms with E-state index in [4.69, 9.17) is 16.3 Å². The Morgan fingerprint density at radius 3 is 2.00 bits per heavy atom. The van der Waals surface area contributed by atoms with E-state index >= 15 is 0 Å². The Balaban J connectivity index is 1.55. The molecule has 5 aromatic rings. The van der Waals surface area contributed by atoms with Crippen LogP contribution in [0.15, 0.2) is 103 Å². The molecule has 0 bridgehead atoms. The first-order chi connectivity index (χ1) is 17.0. The smallest absolute Gasteiger partial charge is 0.340 e. The second-order valence-electron chi connectivity index (χ2n) is 8.34. The second kappa shape index (κ2) is 9.61. The topological polar surface area (TPSA) is 55.4 Å². The van der Waals surface area contributed by atoms with Gasteiger partial charge in [0, 0.05) is 16.3 Å². The van der Waals surface area contributed by atoms with E-state index < -0.39 is 18.0 Å². The van der Waals surface area contributed by atoms with Gasteiger partial charge in [-0.05, 0) is 52.2 Å². The molecule has 0 aliphatic heterocycles. The van der Waals surface area contributed by atoms with Gasteiger partial charge >= 0.3 is 5.97 Å². The third-order valence-electron chi connectivity index (χ3n) is 5.98. The molecule has 0 unspecified atom stereocenters. The number of benzene rings is 5. The number of fused-ring (bicyclic) bond motifs is 2. The summed E-state index contributed by atoms with van der Waals surface area (Å²) in [6, 6.07) is 31.6. The van der Waals surface area contributed by atoms with Gasteiger partial charge < -0.3 is 10.1 Å². The van der Waals surface area contributed by atoms with E-state index in [1.807, 2.05) is 73.7 Å². The minimum atomic E-state index is -1.15.